The molecule has 30 heavy (non-hydrogen) atoms. The molecule has 3 N–H and O–H groups in total. The van der Waals surface area contributed by atoms with E-state index in [1.165, 1.54) is 30.5 Å². The molecule has 1 amide bonds. The number of nitrogens with zero attached hydrogens (tertiary/aromatic N) is 2. The van der Waals surface area contributed by atoms with Crippen LogP contribution in [0.25, 0.3) is 21.1 Å². The lowest BCUT2D eigenvalue weighted by molar-refractivity contribution is -0.136. The fourth-order valence-electron chi connectivity index (χ4n) is 2.96. The van der Waals surface area contributed by atoms with E-state index in [1.54, 1.807) is 13.8 Å². The molecule has 2 aromatic carbocycles. The number of aromatic amines is 1. The zero-order valence-electron chi connectivity index (χ0n) is 15.7. The third-order valence-electron chi connectivity index (χ3n) is 4.48. The summed E-state index contributed by atoms with van der Waals surface area (Å²) in [6.45, 7) is 3.18. The van der Waals surface area contributed by atoms with Gasteiger partial charge in [0.15, 0.2) is 5.13 Å². The highest BCUT2D eigenvalue weighted by Crippen LogP contribution is 2.41. The number of H-pyrrole nitrogens is 1. The number of halogens is 4. The fourth-order valence-corrected chi connectivity index (χ4v) is 3.96. The molecule has 156 valence electrons. The third kappa shape index (κ3) is 3.67. The predicted octanol–water partition coefficient (Wildman–Crippen LogP) is 5.16. The molecule has 4 rings (SSSR count). The molecule has 0 unspecified atom stereocenters. The average Bonchev–Trinajstić information content (AvgIpc) is 3.27. The maximum absolute atomic E-state index is 13.5. The summed E-state index contributed by atoms with van der Waals surface area (Å²) in [7, 11) is 0. The summed E-state index contributed by atoms with van der Waals surface area (Å²) < 4.78 is 53.8. The van der Waals surface area contributed by atoms with Crippen molar-refractivity contribution in [1.29, 1.82) is 0 Å². The summed E-state index contributed by atoms with van der Waals surface area (Å²) in [6.07, 6.45) is -3.20. The van der Waals surface area contributed by atoms with Crippen molar-refractivity contribution in [2.75, 3.05) is 10.6 Å². The van der Waals surface area contributed by atoms with E-state index in [-0.39, 0.29) is 20.9 Å². The van der Waals surface area contributed by atoms with E-state index < -0.39 is 29.0 Å². The minimum absolute atomic E-state index is 0.0307. The first kappa shape index (κ1) is 20.1. The molecule has 0 saturated carbocycles. The fraction of sp³-hybridized carbons (Fsp3) is 0.211. The Morgan fingerprint density at radius 1 is 1.17 bits per heavy atom. The van der Waals surface area contributed by atoms with Crippen molar-refractivity contribution in [2.24, 2.45) is 0 Å². The Labute approximate surface area is 171 Å². The van der Waals surface area contributed by atoms with Gasteiger partial charge in [-0.15, -0.1) is 0 Å². The van der Waals surface area contributed by atoms with Crippen molar-refractivity contribution >= 4 is 49.2 Å². The Kier molecular flexibility index (Phi) is 4.64. The number of rotatable bonds is 4. The molecule has 0 fully saturated rings. The summed E-state index contributed by atoms with van der Waals surface area (Å²) in [5.74, 6) is -0.925. The first-order valence-corrected chi connectivity index (χ1v) is 9.55. The molecule has 0 aliphatic carbocycles. The van der Waals surface area contributed by atoms with E-state index in [0.717, 1.165) is 17.4 Å². The summed E-state index contributed by atoms with van der Waals surface area (Å²) in [5, 5.41) is 12.4. The Morgan fingerprint density at radius 2 is 1.87 bits per heavy atom. The summed E-state index contributed by atoms with van der Waals surface area (Å²) >= 11 is 0.934. The van der Waals surface area contributed by atoms with Crippen LogP contribution in [-0.2, 0) is 11.0 Å². The van der Waals surface area contributed by atoms with Gasteiger partial charge in [-0.25, -0.2) is 9.37 Å². The highest BCUT2D eigenvalue weighted by molar-refractivity contribution is 7.23. The number of hydrogen-bond acceptors (Lipinski definition) is 5. The average molecular weight is 437 g/mol. The molecule has 0 bridgehead atoms. The number of amides is 1. The standard InChI is InChI=1S/C19H15F4N5OS/c1-18(2,27-10-5-3-9(20)4-6-10)16(29)26-17-25-14-12(19(21,22)23)7-13-11(8-24-28-13)15(14)30-17/h3-8,27H,1-2H3,(H,24,28)(H,25,26,29). The first-order valence-electron chi connectivity index (χ1n) is 8.73. The monoisotopic (exact) mass is 437 g/mol. The Morgan fingerprint density at radius 3 is 2.53 bits per heavy atom. The summed E-state index contributed by atoms with van der Waals surface area (Å²) in [5.41, 5.74) is -1.56. The molecule has 2 aromatic heterocycles. The lowest BCUT2D eigenvalue weighted by Crippen LogP contribution is -2.44. The van der Waals surface area contributed by atoms with Gasteiger partial charge in [0.1, 0.15) is 11.4 Å². The Hall–Kier alpha value is -3.21. The number of carbonyl (C=O) groups is 1. The van der Waals surface area contributed by atoms with Gasteiger partial charge in [-0.1, -0.05) is 11.3 Å². The summed E-state index contributed by atoms with van der Waals surface area (Å²) in [4.78, 5) is 16.8. The van der Waals surface area contributed by atoms with Gasteiger partial charge in [0.2, 0.25) is 0 Å². The lowest BCUT2D eigenvalue weighted by atomic mass is 10.0. The van der Waals surface area contributed by atoms with Gasteiger partial charge in [0.25, 0.3) is 5.91 Å². The lowest BCUT2D eigenvalue weighted by Gasteiger charge is -2.25. The van der Waals surface area contributed by atoms with Crippen LogP contribution in [0.15, 0.2) is 36.5 Å². The van der Waals surface area contributed by atoms with Crippen molar-refractivity contribution in [2.45, 2.75) is 25.6 Å². The molecule has 6 nitrogen and oxygen atoms in total. The third-order valence-corrected chi connectivity index (χ3v) is 5.48. The number of aromatic nitrogens is 3. The van der Waals surface area contributed by atoms with Crippen molar-refractivity contribution in [3.8, 4) is 0 Å². The molecular formula is C19H15F4N5OS. The maximum atomic E-state index is 13.5. The number of alkyl halides is 3. The molecule has 0 radical (unpaired) electrons. The van der Waals surface area contributed by atoms with E-state index in [9.17, 15) is 22.4 Å². The molecule has 0 saturated heterocycles. The van der Waals surface area contributed by atoms with E-state index >= 15 is 0 Å². The molecule has 0 aliphatic heterocycles. The van der Waals surface area contributed by atoms with Gasteiger partial charge in [0.05, 0.1) is 27.5 Å². The molecule has 4 aromatic rings. The smallest absolute Gasteiger partial charge is 0.372 e. The second-order valence-electron chi connectivity index (χ2n) is 7.16. The molecule has 0 atom stereocenters. The van der Waals surface area contributed by atoms with Crippen LogP contribution in [0.3, 0.4) is 0 Å². The second kappa shape index (κ2) is 6.94. The SMILES string of the molecule is CC(C)(Nc1ccc(F)cc1)C(=O)Nc1nc2c(C(F)(F)F)cc3[nH]ncc3c2s1. The molecular weight excluding hydrogens is 422 g/mol. The topological polar surface area (TPSA) is 82.7 Å². The quantitative estimate of drug-likeness (QED) is 0.385. The Balaban J connectivity index is 1.66. The van der Waals surface area contributed by atoms with Crippen LogP contribution in [0.1, 0.15) is 19.4 Å². The summed E-state index contributed by atoms with van der Waals surface area (Å²) in [6, 6.07) is 6.41. The number of anilines is 2. The molecule has 11 heteroatoms. The highest BCUT2D eigenvalue weighted by atomic mass is 32.1. The predicted molar refractivity (Wildman–Crippen MR) is 107 cm³/mol. The molecule has 0 spiro atoms. The largest absolute Gasteiger partial charge is 0.418 e. The Bertz CT molecular complexity index is 1240. The minimum Gasteiger partial charge on any atom is -0.372 e. The number of fused-ring (bicyclic) bond motifs is 3. The highest BCUT2D eigenvalue weighted by Gasteiger charge is 2.36. The van der Waals surface area contributed by atoms with Crippen LogP contribution in [0, 0.1) is 5.82 Å². The van der Waals surface area contributed by atoms with Crippen LogP contribution in [0.5, 0.6) is 0 Å². The van der Waals surface area contributed by atoms with Gasteiger partial charge in [0, 0.05) is 11.1 Å². The number of hydrogen-bond donors (Lipinski definition) is 3. The van der Waals surface area contributed by atoms with Crippen LogP contribution in [0.4, 0.5) is 28.4 Å². The van der Waals surface area contributed by atoms with E-state index in [4.69, 9.17) is 0 Å². The van der Waals surface area contributed by atoms with E-state index in [0.29, 0.717) is 11.1 Å². The first-order chi connectivity index (χ1) is 14.0. The zero-order chi connectivity index (χ0) is 21.7. The van der Waals surface area contributed by atoms with Crippen LogP contribution < -0.4 is 10.6 Å². The van der Waals surface area contributed by atoms with Gasteiger partial charge >= 0.3 is 6.18 Å². The maximum Gasteiger partial charge on any atom is 0.418 e. The van der Waals surface area contributed by atoms with Gasteiger partial charge in [-0.3, -0.25) is 15.2 Å². The van der Waals surface area contributed by atoms with Gasteiger partial charge in [-0.05, 0) is 44.2 Å². The van der Waals surface area contributed by atoms with E-state index in [1.807, 2.05) is 0 Å². The normalized spacial score (nSPS) is 12.5. The van der Waals surface area contributed by atoms with Crippen LogP contribution in [0.2, 0.25) is 0 Å². The number of thiazole rings is 1. The van der Waals surface area contributed by atoms with Crippen LogP contribution >= 0.6 is 11.3 Å². The molecule has 2 heterocycles. The number of nitrogens with one attached hydrogen (secondary N) is 3. The van der Waals surface area contributed by atoms with Crippen molar-refractivity contribution in [3.63, 3.8) is 0 Å². The number of benzene rings is 2. The van der Waals surface area contributed by atoms with Gasteiger partial charge in [-0.2, -0.15) is 18.3 Å². The van der Waals surface area contributed by atoms with Gasteiger partial charge < -0.3 is 5.32 Å². The van der Waals surface area contributed by atoms with Crippen LogP contribution in [-0.4, -0.2) is 26.6 Å². The van der Waals surface area contributed by atoms with E-state index in [2.05, 4.69) is 25.8 Å². The second-order valence-corrected chi connectivity index (χ2v) is 8.16. The zero-order valence-corrected chi connectivity index (χ0v) is 16.5. The minimum atomic E-state index is -4.61. The van der Waals surface area contributed by atoms with Crippen molar-refractivity contribution in [3.05, 3.63) is 47.9 Å². The molecule has 0 aliphatic rings. The number of carbonyl (C=O) groups excluding carboxylic acids is 1. The van der Waals surface area contributed by atoms with Crippen molar-refractivity contribution in [1.82, 2.24) is 15.2 Å². The van der Waals surface area contributed by atoms with Crippen molar-refractivity contribution < 1.29 is 22.4 Å².